The number of benzene rings is 1. The number of amides is 1. The zero-order valence-electron chi connectivity index (χ0n) is 22.7. The Kier molecular flexibility index (Phi) is 11.4. The summed E-state index contributed by atoms with van der Waals surface area (Å²) >= 11 is 0. The molecule has 2 rings (SSSR count). The van der Waals surface area contributed by atoms with Crippen LogP contribution in [0.15, 0.2) is 30.5 Å². The molecule has 0 radical (unpaired) electrons. The summed E-state index contributed by atoms with van der Waals surface area (Å²) in [5.74, 6) is 0.0762. The van der Waals surface area contributed by atoms with Gasteiger partial charge in [0, 0.05) is 33.2 Å². The minimum atomic E-state index is -0.629. The van der Waals surface area contributed by atoms with Crippen LogP contribution in [0.3, 0.4) is 0 Å². The van der Waals surface area contributed by atoms with Crippen LogP contribution >= 0.6 is 0 Å². The van der Waals surface area contributed by atoms with Crippen LogP contribution in [0.25, 0.3) is 0 Å². The van der Waals surface area contributed by atoms with Crippen LogP contribution in [0.5, 0.6) is 5.75 Å². The lowest BCUT2D eigenvalue weighted by Gasteiger charge is -2.24. The Morgan fingerprint density at radius 2 is 1.72 bits per heavy atom. The lowest BCUT2D eigenvalue weighted by molar-refractivity contribution is -0.145. The van der Waals surface area contributed by atoms with Gasteiger partial charge in [-0.1, -0.05) is 25.5 Å². The molecule has 1 N–H and O–H groups in total. The van der Waals surface area contributed by atoms with E-state index >= 15 is 0 Å². The first-order valence-corrected chi connectivity index (χ1v) is 12.7. The van der Waals surface area contributed by atoms with Crippen molar-refractivity contribution in [3.05, 3.63) is 41.7 Å². The van der Waals surface area contributed by atoms with Crippen molar-refractivity contribution < 1.29 is 19.1 Å². The molecule has 0 bridgehead atoms. The number of nitrogens with zero attached hydrogens (tertiary/aromatic N) is 4. The predicted octanol–water partition coefficient (Wildman–Crippen LogP) is 4.87. The van der Waals surface area contributed by atoms with Gasteiger partial charge in [0.05, 0.1) is 24.2 Å². The highest BCUT2D eigenvalue weighted by Crippen LogP contribution is 2.30. The van der Waals surface area contributed by atoms with Crippen molar-refractivity contribution in [2.24, 2.45) is 0 Å². The van der Waals surface area contributed by atoms with Gasteiger partial charge in [-0.3, -0.25) is 4.79 Å². The van der Waals surface area contributed by atoms with Gasteiger partial charge in [0.2, 0.25) is 5.95 Å². The van der Waals surface area contributed by atoms with Crippen LogP contribution in [0.2, 0.25) is 0 Å². The Morgan fingerprint density at radius 1 is 1.06 bits per heavy atom. The lowest BCUT2D eigenvalue weighted by atomic mass is 9.94. The van der Waals surface area contributed by atoms with Crippen molar-refractivity contribution in [2.45, 2.75) is 65.8 Å². The fraction of sp³-hybridized carbons (Fsp3) is 0.556. The summed E-state index contributed by atoms with van der Waals surface area (Å²) in [6.07, 6.45) is 3.43. The summed E-state index contributed by atoms with van der Waals surface area (Å²) in [5.41, 5.74) is 2.23. The molecule has 1 aromatic heterocycles. The SMILES string of the molecule is CCCCOC(=O)C(Cc1ccc(OC(=O)N(C)C)cc1)c1nc(N(CC)CC)ncc1NC(C)C. The van der Waals surface area contributed by atoms with Gasteiger partial charge in [-0.2, -0.15) is 0 Å². The van der Waals surface area contributed by atoms with E-state index in [1.54, 1.807) is 32.4 Å². The van der Waals surface area contributed by atoms with E-state index in [1.807, 2.05) is 39.8 Å². The van der Waals surface area contributed by atoms with E-state index in [1.165, 1.54) is 4.90 Å². The number of unbranched alkanes of at least 4 members (excludes halogenated alkanes) is 1. The maximum absolute atomic E-state index is 13.4. The average molecular weight is 500 g/mol. The number of carbonyl (C=O) groups excluding carboxylic acids is 2. The van der Waals surface area contributed by atoms with Crippen LogP contribution in [-0.4, -0.2) is 66.8 Å². The molecule has 1 atom stereocenters. The van der Waals surface area contributed by atoms with Crippen LogP contribution in [0.1, 0.15) is 64.6 Å². The number of ether oxygens (including phenoxy) is 2. The maximum Gasteiger partial charge on any atom is 0.414 e. The van der Waals surface area contributed by atoms with Crippen LogP contribution < -0.4 is 15.0 Å². The summed E-state index contributed by atoms with van der Waals surface area (Å²) in [7, 11) is 3.25. The smallest absolute Gasteiger partial charge is 0.414 e. The summed E-state index contributed by atoms with van der Waals surface area (Å²) in [6.45, 7) is 12.1. The van der Waals surface area contributed by atoms with E-state index < -0.39 is 12.0 Å². The number of rotatable bonds is 13. The number of anilines is 2. The second-order valence-electron chi connectivity index (χ2n) is 9.12. The Morgan fingerprint density at radius 3 is 2.28 bits per heavy atom. The molecule has 0 spiro atoms. The highest BCUT2D eigenvalue weighted by atomic mass is 16.6. The summed E-state index contributed by atoms with van der Waals surface area (Å²) in [6, 6.07) is 7.29. The molecule has 9 nitrogen and oxygen atoms in total. The van der Waals surface area contributed by atoms with E-state index in [2.05, 4.69) is 22.1 Å². The van der Waals surface area contributed by atoms with E-state index in [4.69, 9.17) is 14.5 Å². The second kappa shape index (κ2) is 14.3. The van der Waals surface area contributed by atoms with Crippen molar-refractivity contribution in [3.8, 4) is 5.75 Å². The first-order valence-electron chi connectivity index (χ1n) is 12.7. The van der Waals surface area contributed by atoms with Crippen molar-refractivity contribution in [2.75, 3.05) is 44.0 Å². The van der Waals surface area contributed by atoms with Crippen LogP contribution in [0.4, 0.5) is 16.4 Å². The standard InChI is InChI=1S/C27H41N5O4/c1-8-11-16-35-25(33)22(17-20-12-14-21(15-13-20)36-27(34)31(6)7)24-23(29-19(4)5)18-28-26(30-24)32(9-2)10-3/h12-15,18-19,22,29H,8-11,16-17H2,1-7H3. The van der Waals surface area contributed by atoms with E-state index in [0.29, 0.717) is 30.4 Å². The third kappa shape index (κ3) is 8.39. The van der Waals surface area contributed by atoms with Crippen LogP contribution in [-0.2, 0) is 16.0 Å². The number of nitrogens with one attached hydrogen (secondary N) is 1. The third-order valence-electron chi connectivity index (χ3n) is 5.59. The third-order valence-corrected chi connectivity index (χ3v) is 5.59. The molecule has 36 heavy (non-hydrogen) atoms. The quantitative estimate of drug-likeness (QED) is 0.308. The molecular formula is C27H41N5O4. The van der Waals surface area contributed by atoms with E-state index in [9.17, 15) is 9.59 Å². The molecule has 198 valence electrons. The highest BCUT2D eigenvalue weighted by molar-refractivity contribution is 5.80. The zero-order valence-corrected chi connectivity index (χ0v) is 22.7. The number of carbonyl (C=O) groups is 2. The Hall–Kier alpha value is -3.36. The number of esters is 1. The van der Waals surface area contributed by atoms with Crippen molar-refractivity contribution >= 4 is 23.7 Å². The lowest BCUT2D eigenvalue weighted by Crippen LogP contribution is -2.27. The van der Waals surface area contributed by atoms with E-state index in [0.717, 1.165) is 37.2 Å². The van der Waals surface area contributed by atoms with Gasteiger partial charge in [0.1, 0.15) is 11.7 Å². The monoisotopic (exact) mass is 499 g/mol. The molecule has 0 aliphatic heterocycles. The Balaban J connectivity index is 2.45. The molecule has 0 fully saturated rings. The topological polar surface area (TPSA) is 96.9 Å². The van der Waals surface area contributed by atoms with Crippen molar-refractivity contribution in [1.82, 2.24) is 14.9 Å². The molecule has 0 aliphatic carbocycles. The van der Waals surface area contributed by atoms with E-state index in [-0.39, 0.29) is 12.0 Å². The molecule has 1 aromatic carbocycles. The zero-order chi connectivity index (χ0) is 26.7. The molecule has 1 unspecified atom stereocenters. The van der Waals surface area contributed by atoms with Gasteiger partial charge in [-0.05, 0) is 58.2 Å². The van der Waals surface area contributed by atoms with Gasteiger partial charge in [0.15, 0.2) is 0 Å². The molecule has 9 heteroatoms. The van der Waals surface area contributed by atoms with Gasteiger partial charge in [-0.15, -0.1) is 0 Å². The fourth-order valence-electron chi connectivity index (χ4n) is 3.56. The molecule has 1 amide bonds. The first kappa shape index (κ1) is 28.9. The average Bonchev–Trinajstić information content (AvgIpc) is 2.85. The largest absolute Gasteiger partial charge is 0.465 e. The summed E-state index contributed by atoms with van der Waals surface area (Å²) in [4.78, 5) is 38.1. The van der Waals surface area contributed by atoms with Gasteiger partial charge >= 0.3 is 12.1 Å². The molecule has 0 aliphatic rings. The molecular weight excluding hydrogens is 458 g/mol. The summed E-state index contributed by atoms with van der Waals surface area (Å²) < 4.78 is 11.0. The van der Waals surface area contributed by atoms with Gasteiger partial charge < -0.3 is 24.6 Å². The Bertz CT molecular complexity index is 975. The van der Waals surface area contributed by atoms with Crippen molar-refractivity contribution in [3.63, 3.8) is 0 Å². The normalized spacial score (nSPS) is 11.7. The first-order chi connectivity index (χ1) is 17.2. The Labute approximate surface area is 215 Å². The van der Waals surface area contributed by atoms with Crippen molar-refractivity contribution in [1.29, 1.82) is 0 Å². The molecule has 0 saturated heterocycles. The predicted molar refractivity (Wildman–Crippen MR) is 143 cm³/mol. The number of hydrogen-bond donors (Lipinski definition) is 1. The maximum atomic E-state index is 13.4. The minimum absolute atomic E-state index is 0.133. The van der Waals surface area contributed by atoms with Crippen LogP contribution in [0, 0.1) is 0 Å². The molecule has 0 saturated carbocycles. The van der Waals surface area contributed by atoms with Gasteiger partial charge in [-0.25, -0.2) is 14.8 Å². The number of aromatic nitrogens is 2. The molecule has 1 heterocycles. The fourth-order valence-corrected chi connectivity index (χ4v) is 3.56. The van der Waals surface area contributed by atoms with Gasteiger partial charge in [0.25, 0.3) is 0 Å². The number of hydrogen-bond acceptors (Lipinski definition) is 8. The summed E-state index contributed by atoms with van der Waals surface area (Å²) in [5, 5.41) is 3.39. The molecule has 2 aromatic rings. The highest BCUT2D eigenvalue weighted by Gasteiger charge is 2.29. The second-order valence-corrected chi connectivity index (χ2v) is 9.12. The minimum Gasteiger partial charge on any atom is -0.465 e.